The van der Waals surface area contributed by atoms with Crippen molar-refractivity contribution in [3.05, 3.63) is 5.82 Å². The van der Waals surface area contributed by atoms with Gasteiger partial charge in [-0.15, -0.1) is 5.10 Å². The number of nitrogens with one attached hydrogen (secondary N) is 2. The summed E-state index contributed by atoms with van der Waals surface area (Å²) in [5.41, 5.74) is 0. The van der Waals surface area contributed by atoms with Gasteiger partial charge in [0.15, 0.2) is 5.82 Å². The molecule has 12 heavy (non-hydrogen) atoms. The molecule has 2 rings (SSSR count). The number of aryl methyl sites for hydroxylation is 1. The number of tetrazole rings is 1. The Morgan fingerprint density at radius 1 is 1.50 bits per heavy atom. The quantitative estimate of drug-likeness (QED) is 0.628. The van der Waals surface area contributed by atoms with Crippen LogP contribution in [0.2, 0.25) is 0 Å². The van der Waals surface area contributed by atoms with E-state index in [0.717, 1.165) is 0 Å². The summed E-state index contributed by atoms with van der Waals surface area (Å²) >= 11 is 0. The zero-order valence-electron chi connectivity index (χ0n) is 6.14. The van der Waals surface area contributed by atoms with Crippen LogP contribution in [0.15, 0.2) is 4.52 Å². The average Bonchev–Trinajstić information content (AvgIpc) is 2.63. The highest BCUT2D eigenvalue weighted by molar-refractivity contribution is 5.37. The van der Waals surface area contributed by atoms with Gasteiger partial charge in [-0.05, 0) is 12.1 Å². The smallest absolute Gasteiger partial charge is 0.315 e. The topological polar surface area (TPSA) is 105 Å². The van der Waals surface area contributed by atoms with Crippen LogP contribution in [0.3, 0.4) is 0 Å². The van der Waals surface area contributed by atoms with Crippen LogP contribution in [-0.4, -0.2) is 30.8 Å². The fourth-order valence-corrected chi connectivity index (χ4v) is 0.658. The molecule has 0 saturated heterocycles. The van der Waals surface area contributed by atoms with E-state index in [0.29, 0.717) is 11.8 Å². The van der Waals surface area contributed by atoms with Crippen LogP contribution in [0.4, 0.5) is 12.0 Å². The van der Waals surface area contributed by atoms with E-state index in [-0.39, 0.29) is 6.01 Å². The predicted octanol–water partition coefficient (Wildman–Crippen LogP) is -0.365. The molecular weight excluding hydrogens is 162 g/mol. The lowest BCUT2D eigenvalue weighted by Crippen LogP contribution is -1.92. The number of rotatable bonds is 2. The van der Waals surface area contributed by atoms with Crippen molar-refractivity contribution in [2.75, 3.05) is 5.32 Å². The minimum Gasteiger partial charge on any atom is -0.315 e. The van der Waals surface area contributed by atoms with Crippen molar-refractivity contribution in [1.29, 1.82) is 0 Å². The van der Waals surface area contributed by atoms with Crippen LogP contribution in [0, 0.1) is 6.92 Å². The molecule has 62 valence electrons. The van der Waals surface area contributed by atoms with Crippen LogP contribution in [0.25, 0.3) is 0 Å². The Balaban J connectivity index is 2.14. The minimum atomic E-state index is 0.244. The summed E-state index contributed by atoms with van der Waals surface area (Å²) < 4.78 is 4.74. The molecule has 0 radical (unpaired) electrons. The van der Waals surface area contributed by atoms with Gasteiger partial charge in [0.1, 0.15) is 0 Å². The SMILES string of the molecule is Cc1noc(Nc2nn[nH]n2)n1. The third-order valence-corrected chi connectivity index (χ3v) is 1.09. The van der Waals surface area contributed by atoms with E-state index in [1.165, 1.54) is 0 Å². The Bertz CT molecular complexity index is 351. The molecule has 2 N–H and O–H groups in total. The highest BCUT2D eigenvalue weighted by atomic mass is 16.5. The molecule has 0 fully saturated rings. The predicted molar refractivity (Wildman–Crippen MR) is 36.5 cm³/mol. The van der Waals surface area contributed by atoms with Crippen molar-refractivity contribution in [2.24, 2.45) is 0 Å². The van der Waals surface area contributed by atoms with Gasteiger partial charge >= 0.3 is 6.01 Å². The van der Waals surface area contributed by atoms with Crippen molar-refractivity contribution in [3.63, 3.8) is 0 Å². The monoisotopic (exact) mass is 167 g/mol. The maximum absolute atomic E-state index is 4.74. The Kier molecular flexibility index (Phi) is 1.43. The van der Waals surface area contributed by atoms with E-state index < -0.39 is 0 Å². The van der Waals surface area contributed by atoms with E-state index in [4.69, 9.17) is 4.52 Å². The van der Waals surface area contributed by atoms with Gasteiger partial charge in [0, 0.05) is 0 Å². The molecule has 2 heterocycles. The molecule has 0 aliphatic heterocycles. The molecule has 0 aliphatic rings. The molecule has 0 amide bonds. The molecule has 2 aromatic heterocycles. The minimum absolute atomic E-state index is 0.244. The number of anilines is 2. The molecule has 8 heteroatoms. The van der Waals surface area contributed by atoms with Gasteiger partial charge in [-0.3, -0.25) is 5.32 Å². The molecule has 0 spiro atoms. The summed E-state index contributed by atoms with van der Waals surface area (Å²) in [5, 5.41) is 19.1. The Morgan fingerprint density at radius 2 is 2.42 bits per heavy atom. The fourth-order valence-electron chi connectivity index (χ4n) is 0.658. The number of hydrogen-bond acceptors (Lipinski definition) is 7. The summed E-state index contributed by atoms with van der Waals surface area (Å²) in [6.07, 6.45) is 0. The maximum Gasteiger partial charge on any atom is 0.328 e. The largest absolute Gasteiger partial charge is 0.328 e. The Morgan fingerprint density at radius 3 is 3.00 bits per heavy atom. The van der Waals surface area contributed by atoms with Crippen LogP contribution < -0.4 is 5.32 Å². The number of H-pyrrole nitrogens is 1. The molecule has 0 aliphatic carbocycles. The van der Waals surface area contributed by atoms with Gasteiger partial charge in [0.25, 0.3) is 5.95 Å². The molecule has 2 aromatic rings. The average molecular weight is 167 g/mol. The van der Waals surface area contributed by atoms with Crippen LogP contribution in [0.1, 0.15) is 5.82 Å². The zero-order valence-corrected chi connectivity index (χ0v) is 6.14. The lowest BCUT2D eigenvalue weighted by atomic mass is 10.7. The maximum atomic E-state index is 4.74. The van der Waals surface area contributed by atoms with Crippen LogP contribution in [-0.2, 0) is 0 Å². The van der Waals surface area contributed by atoms with Crippen molar-refractivity contribution < 1.29 is 4.52 Å². The van der Waals surface area contributed by atoms with Gasteiger partial charge in [0.05, 0.1) is 0 Å². The van der Waals surface area contributed by atoms with E-state index in [1.807, 2.05) is 0 Å². The van der Waals surface area contributed by atoms with Crippen LogP contribution in [0.5, 0.6) is 0 Å². The van der Waals surface area contributed by atoms with Gasteiger partial charge < -0.3 is 4.52 Å². The van der Waals surface area contributed by atoms with Crippen molar-refractivity contribution in [3.8, 4) is 0 Å². The summed E-state index contributed by atoms with van der Waals surface area (Å²) in [5.74, 6) is 0.833. The van der Waals surface area contributed by atoms with E-state index in [2.05, 4.69) is 36.1 Å². The lowest BCUT2D eigenvalue weighted by Gasteiger charge is -1.88. The molecule has 0 aromatic carbocycles. The summed E-state index contributed by atoms with van der Waals surface area (Å²) in [4.78, 5) is 3.88. The van der Waals surface area contributed by atoms with Gasteiger partial charge in [-0.2, -0.15) is 10.2 Å². The highest BCUT2D eigenvalue weighted by Gasteiger charge is 2.04. The first kappa shape index (κ1) is 6.70. The van der Waals surface area contributed by atoms with Gasteiger partial charge in [0.2, 0.25) is 0 Å². The third-order valence-electron chi connectivity index (χ3n) is 1.09. The first-order chi connectivity index (χ1) is 5.84. The molecule has 8 nitrogen and oxygen atoms in total. The Labute approximate surface area is 66.4 Å². The molecular formula is C4H5N7O. The Hall–Kier alpha value is -1.99. The molecule has 0 unspecified atom stereocenters. The summed E-state index contributed by atoms with van der Waals surface area (Å²) in [6.45, 7) is 1.71. The highest BCUT2D eigenvalue weighted by Crippen LogP contribution is 2.06. The second-order valence-electron chi connectivity index (χ2n) is 2.01. The molecule has 0 bridgehead atoms. The van der Waals surface area contributed by atoms with E-state index >= 15 is 0 Å². The first-order valence-corrected chi connectivity index (χ1v) is 3.15. The van der Waals surface area contributed by atoms with E-state index in [9.17, 15) is 0 Å². The standard InChI is InChI=1S/C4H5N7O/c1-2-5-4(12-9-2)6-3-7-10-11-8-3/h1H3,(H2,5,6,7,8,9,10,11). The van der Waals surface area contributed by atoms with Gasteiger partial charge in [-0.1, -0.05) is 10.3 Å². The van der Waals surface area contributed by atoms with Gasteiger partial charge in [-0.25, -0.2) is 0 Å². The number of aromatic nitrogens is 6. The molecule has 0 saturated carbocycles. The normalized spacial score (nSPS) is 10.1. The number of aromatic amines is 1. The fraction of sp³-hybridized carbons (Fsp3) is 0.250. The zero-order chi connectivity index (χ0) is 8.39. The second-order valence-corrected chi connectivity index (χ2v) is 2.01. The summed E-state index contributed by atoms with van der Waals surface area (Å²) in [7, 11) is 0. The van der Waals surface area contributed by atoms with Crippen molar-refractivity contribution >= 4 is 12.0 Å². The summed E-state index contributed by atoms with van der Waals surface area (Å²) in [6, 6.07) is 0.244. The second kappa shape index (κ2) is 2.57. The van der Waals surface area contributed by atoms with E-state index in [1.54, 1.807) is 6.92 Å². The molecule has 0 atom stereocenters. The van der Waals surface area contributed by atoms with Crippen molar-refractivity contribution in [2.45, 2.75) is 6.92 Å². The number of hydrogen-bond donors (Lipinski definition) is 2. The first-order valence-electron chi connectivity index (χ1n) is 3.15. The third kappa shape index (κ3) is 1.21. The lowest BCUT2D eigenvalue weighted by molar-refractivity contribution is 0.428. The van der Waals surface area contributed by atoms with Crippen LogP contribution >= 0.6 is 0 Å². The number of nitrogens with zero attached hydrogens (tertiary/aromatic N) is 5. The van der Waals surface area contributed by atoms with Crippen molar-refractivity contribution in [1.82, 2.24) is 30.8 Å².